The molecule has 3 amide bonds. The minimum Gasteiger partial charge on any atom is -0.481 e. The van der Waals surface area contributed by atoms with E-state index in [2.05, 4.69) is 17.9 Å². The molecule has 0 aromatic carbocycles. The van der Waals surface area contributed by atoms with Gasteiger partial charge in [-0.2, -0.15) is 12.6 Å². The van der Waals surface area contributed by atoms with Crippen molar-refractivity contribution in [1.29, 1.82) is 0 Å². The van der Waals surface area contributed by atoms with Crippen molar-refractivity contribution in [3.63, 3.8) is 0 Å². The Bertz CT molecular complexity index is 689. The van der Waals surface area contributed by atoms with E-state index >= 15 is 0 Å². The first-order chi connectivity index (χ1) is 13.7. The highest BCUT2D eigenvalue weighted by Gasteiger charge is 2.43. The number of carbonyl (C=O) groups excluding carboxylic acids is 3. The zero-order valence-electron chi connectivity index (χ0n) is 15.8. The van der Waals surface area contributed by atoms with E-state index in [-0.39, 0.29) is 17.6 Å². The van der Waals surface area contributed by atoms with E-state index in [0.717, 1.165) is 0 Å². The lowest BCUT2D eigenvalue weighted by Gasteiger charge is -2.32. The van der Waals surface area contributed by atoms with Gasteiger partial charge in [-0.25, -0.2) is 4.79 Å². The Hall–Kier alpha value is -2.34. The number of rotatable bonds is 8. The Balaban J connectivity index is 2.09. The summed E-state index contributed by atoms with van der Waals surface area (Å²) in [5.74, 6) is -4.16. The van der Waals surface area contributed by atoms with Gasteiger partial charge in [-0.15, -0.1) is 0 Å². The van der Waals surface area contributed by atoms with Crippen LogP contribution in [0.5, 0.6) is 0 Å². The van der Waals surface area contributed by atoms with Crippen LogP contribution in [-0.2, 0) is 24.0 Å². The number of nitrogens with one attached hydrogen (secondary N) is 1. The molecule has 0 bridgehead atoms. The molecule has 0 radical (unpaired) electrons. The maximum Gasteiger partial charge on any atom is 0.326 e. The third-order valence-electron chi connectivity index (χ3n) is 5.17. The summed E-state index contributed by atoms with van der Waals surface area (Å²) < 4.78 is 0. The molecule has 5 N–H and O–H groups in total. The maximum absolute atomic E-state index is 13.1. The lowest BCUT2D eigenvalue weighted by molar-refractivity contribution is -0.149. The topological polar surface area (TPSA) is 170 Å². The number of carbonyl (C=O) groups is 5. The van der Waals surface area contributed by atoms with E-state index in [4.69, 9.17) is 15.9 Å². The fourth-order valence-corrected chi connectivity index (χ4v) is 3.87. The summed E-state index contributed by atoms with van der Waals surface area (Å²) in [6.45, 7) is 0.686. The van der Waals surface area contributed by atoms with E-state index in [1.165, 1.54) is 9.80 Å². The molecule has 0 aromatic heterocycles. The number of nitrogens with two attached hydrogens (primary N) is 1. The average molecular weight is 430 g/mol. The predicted octanol–water partition coefficient (Wildman–Crippen LogP) is -1.73. The molecule has 0 spiro atoms. The van der Waals surface area contributed by atoms with Crippen molar-refractivity contribution in [3.05, 3.63) is 0 Å². The Morgan fingerprint density at radius 2 is 1.62 bits per heavy atom. The molecule has 4 unspecified atom stereocenters. The maximum atomic E-state index is 13.1. The van der Waals surface area contributed by atoms with Crippen LogP contribution >= 0.6 is 12.6 Å². The summed E-state index contributed by atoms with van der Waals surface area (Å²) in [4.78, 5) is 62.8. The van der Waals surface area contributed by atoms with Gasteiger partial charge in [-0.05, 0) is 25.7 Å². The summed E-state index contributed by atoms with van der Waals surface area (Å²) in [5, 5.41) is 20.1. The molecule has 2 fully saturated rings. The first kappa shape index (κ1) is 22.9. The minimum atomic E-state index is -1.59. The number of aliphatic carboxylic acids is 2. The number of hydrogen-bond acceptors (Lipinski definition) is 7. The summed E-state index contributed by atoms with van der Waals surface area (Å²) in [6, 6.07) is -4.04. The van der Waals surface area contributed by atoms with Crippen LogP contribution in [0.15, 0.2) is 0 Å². The molecule has 2 heterocycles. The molecule has 162 valence electrons. The summed E-state index contributed by atoms with van der Waals surface area (Å²) in [6.07, 6.45) is 1.18. The van der Waals surface area contributed by atoms with Crippen LogP contribution in [0.4, 0.5) is 0 Å². The lowest BCUT2D eigenvalue weighted by Crippen LogP contribution is -2.56. The van der Waals surface area contributed by atoms with Gasteiger partial charge in [0.05, 0.1) is 12.5 Å². The number of thiol groups is 1. The normalized spacial score (nSPS) is 23.5. The zero-order valence-corrected chi connectivity index (χ0v) is 16.7. The van der Waals surface area contributed by atoms with Crippen molar-refractivity contribution >= 4 is 42.3 Å². The van der Waals surface area contributed by atoms with Crippen LogP contribution < -0.4 is 11.1 Å². The monoisotopic (exact) mass is 430 g/mol. The van der Waals surface area contributed by atoms with Crippen molar-refractivity contribution in [2.45, 2.75) is 56.3 Å². The van der Waals surface area contributed by atoms with Crippen molar-refractivity contribution in [2.24, 2.45) is 5.73 Å². The summed E-state index contributed by atoms with van der Waals surface area (Å²) in [5.41, 5.74) is 5.75. The molecule has 0 aromatic rings. The molecule has 0 saturated carbocycles. The van der Waals surface area contributed by atoms with Crippen LogP contribution in [0.1, 0.15) is 32.1 Å². The number of amides is 3. The van der Waals surface area contributed by atoms with Crippen LogP contribution in [0.2, 0.25) is 0 Å². The Kier molecular flexibility index (Phi) is 7.85. The van der Waals surface area contributed by atoms with Gasteiger partial charge in [0.2, 0.25) is 17.7 Å². The second kappa shape index (κ2) is 9.92. The Labute approximate surface area is 173 Å². The average Bonchev–Trinajstić information content (AvgIpc) is 3.34. The Morgan fingerprint density at radius 3 is 2.17 bits per heavy atom. The number of likely N-dealkylation sites (tertiary alicyclic amines) is 2. The molecule has 2 aliphatic rings. The quantitative estimate of drug-likeness (QED) is 0.283. The van der Waals surface area contributed by atoms with E-state index in [0.29, 0.717) is 38.8 Å². The molecule has 2 aliphatic heterocycles. The zero-order chi connectivity index (χ0) is 21.7. The van der Waals surface area contributed by atoms with Crippen molar-refractivity contribution in [2.75, 3.05) is 18.8 Å². The summed E-state index contributed by atoms with van der Waals surface area (Å²) >= 11 is 4.02. The SMILES string of the molecule is NC(CS)C(=O)N1CCCC1C(=O)N1CCCC1C(=O)NC(CC(=O)O)C(=O)O. The number of carboxylic acid groups (broad SMARTS) is 2. The molecule has 12 heteroatoms. The van der Waals surface area contributed by atoms with E-state index < -0.39 is 48.4 Å². The largest absolute Gasteiger partial charge is 0.481 e. The first-order valence-corrected chi connectivity index (χ1v) is 10.0. The van der Waals surface area contributed by atoms with Crippen molar-refractivity contribution in [1.82, 2.24) is 15.1 Å². The Morgan fingerprint density at radius 1 is 1.03 bits per heavy atom. The van der Waals surface area contributed by atoms with Crippen LogP contribution in [0.25, 0.3) is 0 Å². The fourth-order valence-electron chi connectivity index (χ4n) is 3.72. The molecule has 2 rings (SSSR count). The van der Waals surface area contributed by atoms with Gasteiger partial charge in [0.15, 0.2) is 0 Å². The molecule has 29 heavy (non-hydrogen) atoms. The van der Waals surface area contributed by atoms with Crippen molar-refractivity contribution in [3.8, 4) is 0 Å². The highest BCUT2D eigenvalue weighted by molar-refractivity contribution is 7.80. The van der Waals surface area contributed by atoms with E-state index in [1.807, 2.05) is 0 Å². The summed E-state index contributed by atoms with van der Waals surface area (Å²) in [7, 11) is 0. The standard InChI is InChI=1S/C17H26N4O7S/c18-9(8-29)15(25)21-6-2-4-12(21)16(26)20-5-1-3-11(20)14(24)19-10(17(27)28)7-13(22)23/h9-12,29H,1-8,18H2,(H,19,24)(H,22,23)(H,27,28). The molecule has 11 nitrogen and oxygen atoms in total. The number of nitrogens with zero attached hydrogens (tertiary/aromatic N) is 2. The highest BCUT2D eigenvalue weighted by Crippen LogP contribution is 2.25. The van der Waals surface area contributed by atoms with Gasteiger partial charge >= 0.3 is 11.9 Å². The molecular formula is C17H26N4O7S. The second-order valence-corrected chi connectivity index (χ2v) is 7.53. The van der Waals surface area contributed by atoms with Gasteiger partial charge in [-0.1, -0.05) is 0 Å². The molecule has 2 saturated heterocycles. The first-order valence-electron chi connectivity index (χ1n) is 9.39. The van der Waals surface area contributed by atoms with Gasteiger partial charge < -0.3 is 31.1 Å². The number of hydrogen-bond donors (Lipinski definition) is 5. The lowest BCUT2D eigenvalue weighted by atomic mass is 10.1. The second-order valence-electron chi connectivity index (χ2n) is 7.17. The van der Waals surface area contributed by atoms with E-state index in [1.54, 1.807) is 0 Å². The third-order valence-corrected chi connectivity index (χ3v) is 5.56. The molecular weight excluding hydrogens is 404 g/mol. The smallest absolute Gasteiger partial charge is 0.326 e. The minimum absolute atomic E-state index is 0.144. The van der Waals surface area contributed by atoms with Gasteiger partial charge in [0, 0.05) is 18.8 Å². The highest BCUT2D eigenvalue weighted by atomic mass is 32.1. The van der Waals surface area contributed by atoms with Gasteiger partial charge in [0.1, 0.15) is 18.1 Å². The van der Waals surface area contributed by atoms with Crippen LogP contribution in [-0.4, -0.2) is 92.7 Å². The van der Waals surface area contributed by atoms with Crippen molar-refractivity contribution < 1.29 is 34.2 Å². The fraction of sp³-hybridized carbons (Fsp3) is 0.706. The molecule has 0 aliphatic carbocycles. The van der Waals surface area contributed by atoms with Crippen LogP contribution in [0, 0.1) is 0 Å². The molecule has 4 atom stereocenters. The van der Waals surface area contributed by atoms with Gasteiger partial charge in [0.25, 0.3) is 0 Å². The number of carboxylic acids is 2. The third kappa shape index (κ3) is 5.38. The van der Waals surface area contributed by atoms with Crippen LogP contribution in [0.3, 0.4) is 0 Å². The van der Waals surface area contributed by atoms with E-state index in [9.17, 15) is 24.0 Å². The predicted molar refractivity (Wildman–Crippen MR) is 103 cm³/mol. The van der Waals surface area contributed by atoms with Gasteiger partial charge in [-0.3, -0.25) is 19.2 Å².